The monoisotopic (exact) mass is 322 g/mol. The van der Waals surface area contributed by atoms with E-state index < -0.39 is 0 Å². The Labute approximate surface area is 149 Å². The Hall–Kier alpha value is -1.30. The molecule has 1 aromatic carbocycles. The van der Waals surface area contributed by atoms with Crippen LogP contribution in [0.15, 0.2) is 42.5 Å². The van der Waals surface area contributed by atoms with E-state index in [2.05, 4.69) is 62.4 Å². The summed E-state index contributed by atoms with van der Waals surface area (Å²) in [6.45, 7) is 4.25. The molecule has 0 N–H and O–H groups in total. The van der Waals surface area contributed by atoms with E-state index in [0.29, 0.717) is 0 Å². The molecular formula is C24H34. The molecule has 1 aromatic rings. The highest BCUT2D eigenvalue weighted by molar-refractivity contribution is 5.49. The third kappa shape index (κ3) is 4.41. The lowest BCUT2D eigenvalue weighted by Crippen LogP contribution is -2.25. The first-order valence-electron chi connectivity index (χ1n) is 10.2. The summed E-state index contributed by atoms with van der Waals surface area (Å²) < 4.78 is 0. The molecule has 130 valence electrons. The Morgan fingerprint density at radius 3 is 1.83 bits per heavy atom. The molecule has 0 aliphatic heterocycles. The van der Waals surface area contributed by atoms with Crippen molar-refractivity contribution in [3.8, 4) is 0 Å². The highest BCUT2D eigenvalue weighted by Gasteiger charge is 2.30. The van der Waals surface area contributed by atoms with Gasteiger partial charge in [-0.25, -0.2) is 0 Å². The molecule has 3 rings (SSSR count). The SMILES string of the molecule is C/C=C/c1ccc(C2CCC(C3CCC(/C=C/C)CC3)CC2)cc1. The molecule has 24 heavy (non-hydrogen) atoms. The Morgan fingerprint density at radius 2 is 1.29 bits per heavy atom. The van der Waals surface area contributed by atoms with Crippen molar-refractivity contribution in [1.82, 2.24) is 0 Å². The van der Waals surface area contributed by atoms with Crippen LogP contribution in [0.3, 0.4) is 0 Å². The Bertz CT molecular complexity index is 532. The molecule has 0 heterocycles. The molecule has 0 amide bonds. The summed E-state index contributed by atoms with van der Waals surface area (Å²) in [4.78, 5) is 0. The van der Waals surface area contributed by atoms with Crippen LogP contribution in [-0.4, -0.2) is 0 Å². The van der Waals surface area contributed by atoms with E-state index in [1.807, 2.05) is 0 Å². The van der Waals surface area contributed by atoms with Crippen molar-refractivity contribution < 1.29 is 0 Å². The van der Waals surface area contributed by atoms with Crippen molar-refractivity contribution in [2.75, 3.05) is 0 Å². The lowest BCUT2D eigenvalue weighted by atomic mass is 9.68. The molecule has 2 saturated carbocycles. The van der Waals surface area contributed by atoms with E-state index in [0.717, 1.165) is 23.7 Å². The molecule has 0 atom stereocenters. The van der Waals surface area contributed by atoms with E-state index in [4.69, 9.17) is 0 Å². The van der Waals surface area contributed by atoms with Crippen molar-refractivity contribution in [3.63, 3.8) is 0 Å². The first kappa shape index (κ1) is 17.5. The average molecular weight is 323 g/mol. The van der Waals surface area contributed by atoms with E-state index in [1.165, 1.54) is 56.9 Å². The van der Waals surface area contributed by atoms with Crippen LogP contribution in [0.4, 0.5) is 0 Å². The van der Waals surface area contributed by atoms with Gasteiger partial charge < -0.3 is 0 Å². The standard InChI is InChI=1S/C24H34/c1-3-5-19-7-11-21(12-8-19)23-15-17-24(18-16-23)22-13-9-20(6-4-2)10-14-22/h3-8,11-12,20,22-24H,9-10,13-18H2,1-2H3/b5-3+,6-4+. The Balaban J connectivity index is 1.49. The van der Waals surface area contributed by atoms with Crippen LogP contribution in [0.25, 0.3) is 6.08 Å². The van der Waals surface area contributed by atoms with Gasteiger partial charge in [0.2, 0.25) is 0 Å². The quantitative estimate of drug-likeness (QED) is 0.507. The van der Waals surface area contributed by atoms with Crippen LogP contribution in [0, 0.1) is 17.8 Å². The van der Waals surface area contributed by atoms with Crippen LogP contribution < -0.4 is 0 Å². The van der Waals surface area contributed by atoms with E-state index in [1.54, 1.807) is 5.56 Å². The minimum Gasteiger partial charge on any atom is -0.0914 e. The molecule has 0 unspecified atom stereocenters. The van der Waals surface area contributed by atoms with Gasteiger partial charge in [0, 0.05) is 0 Å². The zero-order valence-electron chi connectivity index (χ0n) is 15.6. The largest absolute Gasteiger partial charge is 0.0914 e. The van der Waals surface area contributed by atoms with Gasteiger partial charge in [-0.3, -0.25) is 0 Å². The maximum Gasteiger partial charge on any atom is -0.0162 e. The van der Waals surface area contributed by atoms with Gasteiger partial charge in [0.1, 0.15) is 0 Å². The van der Waals surface area contributed by atoms with E-state index >= 15 is 0 Å². The fraction of sp³-hybridized carbons (Fsp3) is 0.583. The third-order valence-electron chi connectivity index (χ3n) is 6.49. The second kappa shape index (κ2) is 8.70. The molecule has 0 heteroatoms. The fourth-order valence-electron chi connectivity index (χ4n) is 5.08. The third-order valence-corrected chi connectivity index (χ3v) is 6.49. The van der Waals surface area contributed by atoms with Crippen molar-refractivity contribution in [1.29, 1.82) is 0 Å². The highest BCUT2D eigenvalue weighted by Crippen LogP contribution is 2.44. The summed E-state index contributed by atoms with van der Waals surface area (Å²) in [5.74, 6) is 3.71. The average Bonchev–Trinajstić information content (AvgIpc) is 2.64. The van der Waals surface area contributed by atoms with Crippen LogP contribution in [-0.2, 0) is 0 Å². The second-order valence-corrected chi connectivity index (χ2v) is 7.98. The minimum atomic E-state index is 0.806. The molecule has 2 aliphatic carbocycles. The first-order chi connectivity index (χ1) is 11.8. The number of allylic oxidation sites excluding steroid dienone is 3. The number of rotatable bonds is 4. The molecule has 0 bridgehead atoms. The molecule has 0 radical (unpaired) electrons. The molecule has 0 aromatic heterocycles. The topological polar surface area (TPSA) is 0 Å². The van der Waals surface area contributed by atoms with Gasteiger partial charge in [-0.15, -0.1) is 0 Å². The van der Waals surface area contributed by atoms with Gasteiger partial charge >= 0.3 is 0 Å². The smallest absolute Gasteiger partial charge is 0.0162 e. The van der Waals surface area contributed by atoms with Gasteiger partial charge in [-0.1, -0.05) is 48.6 Å². The van der Waals surface area contributed by atoms with Crippen LogP contribution in [0.1, 0.15) is 82.3 Å². The lowest BCUT2D eigenvalue weighted by Gasteiger charge is -2.37. The Kier molecular flexibility index (Phi) is 6.35. The second-order valence-electron chi connectivity index (χ2n) is 7.98. The van der Waals surface area contributed by atoms with Gasteiger partial charge in [-0.05, 0) is 100 Å². The molecule has 2 fully saturated rings. The van der Waals surface area contributed by atoms with E-state index in [9.17, 15) is 0 Å². The summed E-state index contributed by atoms with van der Waals surface area (Å²) in [6.07, 6.45) is 20.5. The molecule has 0 spiro atoms. The maximum absolute atomic E-state index is 2.44. The van der Waals surface area contributed by atoms with Crippen LogP contribution >= 0.6 is 0 Å². The van der Waals surface area contributed by atoms with E-state index in [-0.39, 0.29) is 0 Å². The summed E-state index contributed by atoms with van der Waals surface area (Å²) in [7, 11) is 0. The van der Waals surface area contributed by atoms with Crippen molar-refractivity contribution in [3.05, 3.63) is 53.6 Å². The van der Waals surface area contributed by atoms with Crippen LogP contribution in [0.5, 0.6) is 0 Å². The zero-order chi connectivity index (χ0) is 16.8. The lowest BCUT2D eigenvalue weighted by molar-refractivity contribution is 0.171. The number of benzene rings is 1. The molecule has 0 nitrogen and oxygen atoms in total. The predicted octanol–water partition coefficient (Wildman–Crippen LogP) is 7.38. The first-order valence-corrected chi connectivity index (χ1v) is 10.2. The van der Waals surface area contributed by atoms with Gasteiger partial charge in [0.25, 0.3) is 0 Å². The summed E-state index contributed by atoms with van der Waals surface area (Å²) in [5.41, 5.74) is 2.89. The number of hydrogen-bond donors (Lipinski definition) is 0. The normalized spacial score (nSPS) is 31.8. The fourth-order valence-corrected chi connectivity index (χ4v) is 5.08. The molecule has 0 saturated heterocycles. The van der Waals surface area contributed by atoms with Gasteiger partial charge in [0.15, 0.2) is 0 Å². The van der Waals surface area contributed by atoms with Crippen LogP contribution in [0.2, 0.25) is 0 Å². The summed E-state index contributed by atoms with van der Waals surface area (Å²) in [6, 6.07) is 9.29. The summed E-state index contributed by atoms with van der Waals surface area (Å²) >= 11 is 0. The van der Waals surface area contributed by atoms with Gasteiger partial charge in [0.05, 0.1) is 0 Å². The minimum absolute atomic E-state index is 0.806. The molecular weight excluding hydrogens is 288 g/mol. The maximum atomic E-state index is 2.44. The zero-order valence-corrected chi connectivity index (χ0v) is 15.6. The summed E-state index contributed by atoms with van der Waals surface area (Å²) in [5, 5.41) is 0. The highest BCUT2D eigenvalue weighted by atomic mass is 14.4. The Morgan fingerprint density at radius 1 is 0.708 bits per heavy atom. The van der Waals surface area contributed by atoms with Gasteiger partial charge in [-0.2, -0.15) is 0 Å². The predicted molar refractivity (Wildman–Crippen MR) is 106 cm³/mol. The molecule has 2 aliphatic rings. The van der Waals surface area contributed by atoms with Crippen molar-refractivity contribution in [2.45, 2.75) is 71.1 Å². The van der Waals surface area contributed by atoms with Crippen molar-refractivity contribution >= 4 is 6.08 Å². The van der Waals surface area contributed by atoms with Crippen molar-refractivity contribution in [2.24, 2.45) is 17.8 Å². The number of hydrogen-bond acceptors (Lipinski definition) is 0.